The Balaban J connectivity index is 1.48. The quantitative estimate of drug-likeness (QED) is 0.330. The van der Waals surface area contributed by atoms with Crippen molar-refractivity contribution in [2.75, 3.05) is 24.3 Å². The maximum absolute atomic E-state index is 12.8. The van der Waals surface area contributed by atoms with E-state index in [2.05, 4.69) is 15.5 Å². The molecule has 0 aliphatic carbocycles. The Morgan fingerprint density at radius 2 is 2.21 bits per heavy atom. The molecule has 1 amide bonds. The number of thiophene rings is 2. The Morgan fingerprint density at radius 3 is 2.91 bits per heavy atom. The second kappa shape index (κ2) is 10.8. The summed E-state index contributed by atoms with van der Waals surface area (Å²) in [7, 11) is 0. The topological polar surface area (TPSA) is 95.3 Å². The molecule has 176 valence electrons. The summed E-state index contributed by atoms with van der Waals surface area (Å²) in [6.45, 7) is 7.26. The van der Waals surface area contributed by atoms with Gasteiger partial charge in [0.2, 0.25) is 5.91 Å². The van der Waals surface area contributed by atoms with E-state index >= 15 is 0 Å². The van der Waals surface area contributed by atoms with Gasteiger partial charge in [-0.15, -0.1) is 32.9 Å². The van der Waals surface area contributed by atoms with Crippen molar-refractivity contribution in [2.24, 2.45) is 0 Å². The number of ether oxygens (including phenoxy) is 2. The average molecular weight is 507 g/mol. The number of aryl methyl sites for hydroxylation is 1. The molecular formula is C22H26N4O4S3. The fourth-order valence-electron chi connectivity index (χ4n) is 3.60. The predicted octanol–water partition coefficient (Wildman–Crippen LogP) is 4.77. The summed E-state index contributed by atoms with van der Waals surface area (Å²) in [6.07, 6.45) is 2.17. The van der Waals surface area contributed by atoms with Crippen LogP contribution in [0.5, 0.6) is 0 Å². The van der Waals surface area contributed by atoms with Crippen molar-refractivity contribution in [1.29, 1.82) is 0 Å². The first-order valence-corrected chi connectivity index (χ1v) is 13.4. The van der Waals surface area contributed by atoms with Crippen LogP contribution < -0.4 is 5.32 Å². The third-order valence-corrected chi connectivity index (χ3v) is 8.27. The van der Waals surface area contributed by atoms with E-state index < -0.39 is 5.97 Å². The fraction of sp³-hybridized carbons (Fsp3) is 0.455. The van der Waals surface area contributed by atoms with Crippen molar-refractivity contribution in [3.8, 4) is 10.7 Å². The minimum Gasteiger partial charge on any atom is -0.462 e. The molecule has 4 rings (SSSR count). The molecule has 1 fully saturated rings. The lowest BCUT2D eigenvalue weighted by Gasteiger charge is -2.14. The number of amides is 1. The van der Waals surface area contributed by atoms with Gasteiger partial charge in [0.05, 0.1) is 35.4 Å². The minimum atomic E-state index is -0.417. The summed E-state index contributed by atoms with van der Waals surface area (Å²) in [6, 6.07) is 4.00. The Hall–Kier alpha value is -2.21. The summed E-state index contributed by atoms with van der Waals surface area (Å²) < 4.78 is 13.0. The van der Waals surface area contributed by atoms with Crippen molar-refractivity contribution in [1.82, 2.24) is 14.8 Å². The minimum absolute atomic E-state index is 0.122. The number of nitrogens with one attached hydrogen (secondary N) is 1. The van der Waals surface area contributed by atoms with Crippen LogP contribution in [0.1, 0.15) is 40.6 Å². The number of thioether (sulfide) groups is 1. The number of aromatic nitrogens is 3. The average Bonchev–Trinajstić information content (AvgIpc) is 3.57. The molecule has 0 bridgehead atoms. The molecule has 0 spiro atoms. The Morgan fingerprint density at radius 1 is 1.36 bits per heavy atom. The summed E-state index contributed by atoms with van der Waals surface area (Å²) in [5.41, 5.74) is 1.26. The fourth-order valence-corrected chi connectivity index (χ4v) is 6.13. The van der Waals surface area contributed by atoms with Gasteiger partial charge < -0.3 is 14.8 Å². The number of nitrogens with zero attached hydrogens (tertiary/aromatic N) is 3. The molecule has 0 radical (unpaired) electrons. The van der Waals surface area contributed by atoms with Gasteiger partial charge >= 0.3 is 5.97 Å². The number of carbonyl (C=O) groups excluding carboxylic acids is 2. The molecule has 1 aliphatic heterocycles. The SMILES string of the molecule is CCOC(=O)c1c(NC(=O)CSc2nnc(-c3cccs3)n2CC2CCCO2)sc(C)c1C. The van der Waals surface area contributed by atoms with Gasteiger partial charge in [-0.3, -0.25) is 9.36 Å². The predicted molar refractivity (Wildman–Crippen MR) is 131 cm³/mol. The van der Waals surface area contributed by atoms with Crippen LogP contribution in [-0.4, -0.2) is 51.7 Å². The van der Waals surface area contributed by atoms with Crippen molar-refractivity contribution < 1.29 is 19.1 Å². The lowest BCUT2D eigenvalue weighted by Crippen LogP contribution is -2.18. The zero-order valence-corrected chi connectivity index (χ0v) is 21.2. The monoisotopic (exact) mass is 506 g/mol. The molecule has 3 aromatic rings. The van der Waals surface area contributed by atoms with Crippen LogP contribution in [0, 0.1) is 13.8 Å². The lowest BCUT2D eigenvalue weighted by molar-refractivity contribution is -0.113. The first-order chi connectivity index (χ1) is 16.0. The van der Waals surface area contributed by atoms with E-state index in [1.165, 1.54) is 23.1 Å². The Kier molecular flexibility index (Phi) is 7.84. The highest BCUT2D eigenvalue weighted by Gasteiger charge is 2.24. The summed E-state index contributed by atoms with van der Waals surface area (Å²) in [5, 5.41) is 14.8. The molecule has 3 aromatic heterocycles. The van der Waals surface area contributed by atoms with E-state index in [0.717, 1.165) is 40.6 Å². The standard InChI is InChI=1S/C22H26N4O4S3/c1-4-29-21(28)18-13(2)14(3)33-20(18)23-17(27)12-32-22-25-24-19(16-8-6-10-31-16)26(22)11-15-7-5-9-30-15/h6,8,10,15H,4-5,7,9,11-12H2,1-3H3,(H,23,27). The van der Waals surface area contributed by atoms with Gasteiger partial charge in [-0.2, -0.15) is 0 Å². The van der Waals surface area contributed by atoms with Gasteiger partial charge in [-0.1, -0.05) is 17.8 Å². The van der Waals surface area contributed by atoms with E-state index in [1.807, 2.05) is 35.9 Å². The van der Waals surface area contributed by atoms with Crippen LogP contribution in [0.4, 0.5) is 5.00 Å². The van der Waals surface area contributed by atoms with Crippen LogP contribution in [0.3, 0.4) is 0 Å². The van der Waals surface area contributed by atoms with Crippen LogP contribution in [-0.2, 0) is 20.8 Å². The second-order valence-corrected chi connectivity index (χ2v) is 10.7. The Labute approximate surface area is 204 Å². The molecule has 1 unspecified atom stereocenters. The highest BCUT2D eigenvalue weighted by atomic mass is 32.2. The number of hydrogen-bond acceptors (Lipinski definition) is 9. The van der Waals surface area contributed by atoms with Crippen molar-refractivity contribution in [2.45, 2.75) is 51.4 Å². The Bertz CT molecular complexity index is 1120. The van der Waals surface area contributed by atoms with Gasteiger partial charge in [-0.25, -0.2) is 4.79 Å². The summed E-state index contributed by atoms with van der Waals surface area (Å²) >= 11 is 4.31. The summed E-state index contributed by atoms with van der Waals surface area (Å²) in [4.78, 5) is 27.2. The largest absolute Gasteiger partial charge is 0.462 e. The van der Waals surface area contributed by atoms with Crippen molar-refractivity contribution in [3.63, 3.8) is 0 Å². The molecular weight excluding hydrogens is 480 g/mol. The molecule has 4 heterocycles. The molecule has 8 nitrogen and oxygen atoms in total. The number of esters is 1. The maximum atomic E-state index is 12.8. The molecule has 1 atom stereocenters. The third-order valence-electron chi connectivity index (χ3n) is 5.32. The van der Waals surface area contributed by atoms with Crippen LogP contribution in [0.25, 0.3) is 10.7 Å². The van der Waals surface area contributed by atoms with Crippen molar-refractivity contribution in [3.05, 3.63) is 33.5 Å². The van der Waals surface area contributed by atoms with E-state index in [9.17, 15) is 9.59 Å². The van der Waals surface area contributed by atoms with Crippen LogP contribution >= 0.6 is 34.4 Å². The first-order valence-electron chi connectivity index (χ1n) is 10.8. The normalized spacial score (nSPS) is 15.7. The number of carbonyl (C=O) groups is 2. The van der Waals surface area contributed by atoms with E-state index in [-0.39, 0.29) is 24.4 Å². The van der Waals surface area contributed by atoms with Gasteiger partial charge in [-0.05, 0) is 50.6 Å². The van der Waals surface area contributed by atoms with Crippen LogP contribution in [0.15, 0.2) is 22.7 Å². The van der Waals surface area contributed by atoms with E-state index in [4.69, 9.17) is 9.47 Å². The zero-order valence-electron chi connectivity index (χ0n) is 18.8. The first kappa shape index (κ1) is 23.9. The van der Waals surface area contributed by atoms with E-state index in [0.29, 0.717) is 22.3 Å². The van der Waals surface area contributed by atoms with Gasteiger partial charge in [0.1, 0.15) is 5.00 Å². The van der Waals surface area contributed by atoms with Gasteiger partial charge in [0, 0.05) is 11.5 Å². The number of hydrogen-bond donors (Lipinski definition) is 1. The van der Waals surface area contributed by atoms with Crippen molar-refractivity contribution >= 4 is 51.3 Å². The number of rotatable bonds is 9. The van der Waals surface area contributed by atoms with Crippen LogP contribution in [0.2, 0.25) is 0 Å². The highest BCUT2D eigenvalue weighted by molar-refractivity contribution is 7.99. The highest BCUT2D eigenvalue weighted by Crippen LogP contribution is 2.34. The maximum Gasteiger partial charge on any atom is 0.341 e. The summed E-state index contributed by atoms with van der Waals surface area (Å²) in [5.74, 6) is 0.305. The smallest absolute Gasteiger partial charge is 0.341 e. The second-order valence-electron chi connectivity index (χ2n) is 7.57. The molecule has 1 saturated heterocycles. The van der Waals surface area contributed by atoms with E-state index in [1.54, 1.807) is 18.3 Å². The molecule has 1 aliphatic rings. The van der Waals surface area contributed by atoms with Gasteiger partial charge in [0.25, 0.3) is 0 Å². The molecule has 1 N–H and O–H groups in total. The molecule has 33 heavy (non-hydrogen) atoms. The molecule has 0 saturated carbocycles. The lowest BCUT2D eigenvalue weighted by atomic mass is 10.1. The number of anilines is 1. The molecule has 0 aromatic carbocycles. The molecule has 11 heteroatoms. The third kappa shape index (κ3) is 5.48. The van der Waals surface area contributed by atoms with Gasteiger partial charge in [0.15, 0.2) is 11.0 Å². The zero-order chi connectivity index (χ0) is 23.4.